The second-order valence-electron chi connectivity index (χ2n) is 6.30. The minimum atomic E-state index is 0.346. The molecule has 0 radical (unpaired) electrons. The summed E-state index contributed by atoms with van der Waals surface area (Å²) in [5, 5.41) is 19.7. The van der Waals surface area contributed by atoms with E-state index in [0.29, 0.717) is 11.5 Å². The van der Waals surface area contributed by atoms with Gasteiger partial charge in [-0.15, -0.1) is 0 Å². The molecule has 3 rings (SSSR count). The topological polar surface area (TPSA) is 40.5 Å². The smallest absolute Gasteiger partial charge is 0.118 e. The third-order valence-corrected chi connectivity index (χ3v) is 4.62. The third-order valence-electron chi connectivity index (χ3n) is 4.62. The molecule has 0 atom stereocenters. The van der Waals surface area contributed by atoms with Gasteiger partial charge in [0.05, 0.1) is 0 Å². The van der Waals surface area contributed by atoms with Crippen LogP contribution in [0.15, 0.2) is 60.7 Å². The Morgan fingerprint density at radius 2 is 1.04 bits per heavy atom. The summed E-state index contributed by atoms with van der Waals surface area (Å²) in [6.45, 7) is 3.90. The van der Waals surface area contributed by atoms with Crippen LogP contribution in [-0.2, 0) is 12.8 Å². The number of rotatable bonds is 4. The van der Waals surface area contributed by atoms with Crippen LogP contribution in [0, 0.1) is 13.8 Å². The van der Waals surface area contributed by atoms with Gasteiger partial charge in [-0.1, -0.05) is 48.5 Å². The number of aromatic hydroxyl groups is 2. The van der Waals surface area contributed by atoms with Crippen LogP contribution in [0.1, 0.15) is 33.4 Å². The average Bonchev–Trinajstić information content (AvgIpc) is 2.57. The van der Waals surface area contributed by atoms with E-state index >= 15 is 0 Å². The molecule has 24 heavy (non-hydrogen) atoms. The predicted octanol–water partition coefficient (Wildman–Crippen LogP) is 4.90. The largest absolute Gasteiger partial charge is 0.508 e. The Balaban J connectivity index is 1.84. The lowest BCUT2D eigenvalue weighted by Crippen LogP contribution is -1.96. The summed E-state index contributed by atoms with van der Waals surface area (Å²) in [5.74, 6) is 0.693. The lowest BCUT2D eigenvalue weighted by atomic mass is 9.95. The van der Waals surface area contributed by atoms with Gasteiger partial charge in [0.25, 0.3) is 0 Å². The van der Waals surface area contributed by atoms with Gasteiger partial charge in [0, 0.05) is 0 Å². The van der Waals surface area contributed by atoms with E-state index in [9.17, 15) is 10.2 Å². The average molecular weight is 318 g/mol. The zero-order chi connectivity index (χ0) is 17.1. The fourth-order valence-electron chi connectivity index (χ4n) is 3.01. The highest BCUT2D eigenvalue weighted by Crippen LogP contribution is 2.24. The molecule has 0 saturated heterocycles. The van der Waals surface area contributed by atoms with Crippen LogP contribution in [0.2, 0.25) is 0 Å². The minimum absolute atomic E-state index is 0.346. The number of benzene rings is 3. The second-order valence-corrected chi connectivity index (χ2v) is 6.30. The van der Waals surface area contributed by atoms with E-state index in [-0.39, 0.29) is 0 Å². The standard InChI is InChI=1S/C22H22O2/c1-15-19(8-4-10-21(15)23)13-17-6-3-7-18(12-17)14-20-9-5-11-22(24)16(20)2/h3-12,23-24H,13-14H2,1-2H3. The molecular formula is C22H22O2. The maximum absolute atomic E-state index is 9.86. The van der Waals surface area contributed by atoms with Crippen LogP contribution < -0.4 is 0 Å². The molecule has 0 aliphatic rings. The molecule has 2 N–H and O–H groups in total. The van der Waals surface area contributed by atoms with Crippen molar-refractivity contribution in [2.75, 3.05) is 0 Å². The van der Waals surface area contributed by atoms with Gasteiger partial charge >= 0.3 is 0 Å². The molecule has 0 aliphatic heterocycles. The van der Waals surface area contributed by atoms with Crippen molar-refractivity contribution in [2.45, 2.75) is 26.7 Å². The minimum Gasteiger partial charge on any atom is -0.508 e. The molecule has 3 aromatic carbocycles. The van der Waals surface area contributed by atoms with Gasteiger partial charge in [-0.3, -0.25) is 0 Å². The van der Waals surface area contributed by atoms with E-state index < -0.39 is 0 Å². The molecule has 2 nitrogen and oxygen atoms in total. The summed E-state index contributed by atoms with van der Waals surface area (Å²) >= 11 is 0. The summed E-state index contributed by atoms with van der Waals surface area (Å²) in [4.78, 5) is 0. The Morgan fingerprint density at radius 3 is 1.50 bits per heavy atom. The number of hydrogen-bond acceptors (Lipinski definition) is 2. The van der Waals surface area contributed by atoms with Crippen molar-refractivity contribution in [2.24, 2.45) is 0 Å². The lowest BCUT2D eigenvalue weighted by molar-refractivity contribution is 0.470. The van der Waals surface area contributed by atoms with Crippen LogP contribution in [0.5, 0.6) is 11.5 Å². The molecule has 0 unspecified atom stereocenters. The highest BCUT2D eigenvalue weighted by Gasteiger charge is 2.07. The maximum Gasteiger partial charge on any atom is 0.118 e. The molecule has 0 amide bonds. The quantitative estimate of drug-likeness (QED) is 0.718. The monoisotopic (exact) mass is 318 g/mol. The zero-order valence-corrected chi connectivity index (χ0v) is 14.1. The highest BCUT2D eigenvalue weighted by molar-refractivity contribution is 5.43. The van der Waals surface area contributed by atoms with Crippen molar-refractivity contribution in [1.82, 2.24) is 0 Å². The van der Waals surface area contributed by atoms with Crippen molar-refractivity contribution >= 4 is 0 Å². The van der Waals surface area contributed by atoms with Crippen molar-refractivity contribution in [3.63, 3.8) is 0 Å². The molecule has 0 spiro atoms. The molecule has 3 aromatic rings. The Labute approximate surface area is 143 Å². The van der Waals surface area contributed by atoms with Crippen molar-refractivity contribution in [1.29, 1.82) is 0 Å². The highest BCUT2D eigenvalue weighted by atomic mass is 16.3. The Hall–Kier alpha value is -2.74. The molecule has 0 aliphatic carbocycles. The van der Waals surface area contributed by atoms with Gasteiger partial charge < -0.3 is 10.2 Å². The summed E-state index contributed by atoms with van der Waals surface area (Å²) in [5.41, 5.74) is 6.60. The van der Waals surface area contributed by atoms with E-state index in [1.807, 2.05) is 26.0 Å². The van der Waals surface area contributed by atoms with Gasteiger partial charge in [0.1, 0.15) is 11.5 Å². The van der Waals surface area contributed by atoms with Crippen LogP contribution in [-0.4, -0.2) is 10.2 Å². The molecule has 0 aromatic heterocycles. The summed E-state index contributed by atoms with van der Waals surface area (Å²) in [6.07, 6.45) is 1.60. The summed E-state index contributed by atoms with van der Waals surface area (Å²) in [6, 6.07) is 19.8. The zero-order valence-electron chi connectivity index (χ0n) is 14.1. The number of hydrogen-bond donors (Lipinski definition) is 2. The van der Waals surface area contributed by atoms with Crippen LogP contribution >= 0.6 is 0 Å². The summed E-state index contributed by atoms with van der Waals surface area (Å²) < 4.78 is 0. The first-order valence-corrected chi connectivity index (χ1v) is 8.17. The molecule has 0 saturated carbocycles. The Bertz CT molecular complexity index is 797. The first kappa shape index (κ1) is 16.1. The molecule has 0 fully saturated rings. The van der Waals surface area contributed by atoms with Crippen molar-refractivity contribution < 1.29 is 10.2 Å². The fourth-order valence-corrected chi connectivity index (χ4v) is 3.01. The van der Waals surface area contributed by atoms with E-state index in [1.165, 1.54) is 11.1 Å². The molecule has 0 heterocycles. The van der Waals surface area contributed by atoms with Gasteiger partial charge in [-0.25, -0.2) is 0 Å². The Morgan fingerprint density at radius 1 is 0.625 bits per heavy atom. The molecule has 0 bridgehead atoms. The second kappa shape index (κ2) is 6.79. The van der Waals surface area contributed by atoms with Crippen molar-refractivity contribution in [3.05, 3.63) is 94.0 Å². The van der Waals surface area contributed by atoms with Gasteiger partial charge in [0.2, 0.25) is 0 Å². The van der Waals surface area contributed by atoms with E-state index in [1.54, 1.807) is 12.1 Å². The predicted molar refractivity (Wildman–Crippen MR) is 97.7 cm³/mol. The number of phenolic OH excluding ortho intramolecular Hbond substituents is 2. The number of phenols is 2. The maximum atomic E-state index is 9.86. The Kier molecular flexibility index (Phi) is 4.57. The summed E-state index contributed by atoms with van der Waals surface area (Å²) in [7, 11) is 0. The first-order chi connectivity index (χ1) is 11.5. The first-order valence-electron chi connectivity index (χ1n) is 8.17. The normalized spacial score (nSPS) is 10.8. The molecule has 2 heteroatoms. The van der Waals surface area contributed by atoms with Gasteiger partial charge in [-0.2, -0.15) is 0 Å². The fraction of sp³-hybridized carbons (Fsp3) is 0.182. The van der Waals surface area contributed by atoms with E-state index in [2.05, 4.69) is 36.4 Å². The van der Waals surface area contributed by atoms with E-state index in [0.717, 1.165) is 35.1 Å². The van der Waals surface area contributed by atoms with Crippen LogP contribution in [0.25, 0.3) is 0 Å². The molecular weight excluding hydrogens is 296 g/mol. The van der Waals surface area contributed by atoms with Crippen LogP contribution in [0.3, 0.4) is 0 Å². The van der Waals surface area contributed by atoms with Gasteiger partial charge in [-0.05, 0) is 72.2 Å². The van der Waals surface area contributed by atoms with Crippen molar-refractivity contribution in [3.8, 4) is 11.5 Å². The van der Waals surface area contributed by atoms with E-state index in [4.69, 9.17) is 0 Å². The molecule has 122 valence electrons. The third kappa shape index (κ3) is 3.43. The van der Waals surface area contributed by atoms with Crippen LogP contribution in [0.4, 0.5) is 0 Å². The SMILES string of the molecule is Cc1c(O)cccc1Cc1cccc(Cc2cccc(O)c2C)c1. The lowest BCUT2D eigenvalue weighted by Gasteiger charge is -2.11. The van der Waals surface area contributed by atoms with Gasteiger partial charge in [0.15, 0.2) is 0 Å².